The van der Waals surface area contributed by atoms with Gasteiger partial charge < -0.3 is 19.4 Å². The lowest BCUT2D eigenvalue weighted by Crippen LogP contribution is -2.46. The Labute approximate surface area is 137 Å². The Kier molecular flexibility index (Phi) is 3.93. The summed E-state index contributed by atoms with van der Waals surface area (Å²) in [7, 11) is 0. The summed E-state index contributed by atoms with van der Waals surface area (Å²) in [6, 6.07) is 2.11. The van der Waals surface area contributed by atoms with E-state index < -0.39 is 0 Å². The van der Waals surface area contributed by atoms with E-state index in [0.29, 0.717) is 13.2 Å². The molecule has 0 aromatic carbocycles. The largest absolute Gasteiger partial charge is 0.374 e. The number of fused-ring (bicyclic) bond motifs is 2. The van der Waals surface area contributed by atoms with E-state index in [2.05, 4.69) is 4.98 Å². The van der Waals surface area contributed by atoms with E-state index in [0.717, 1.165) is 42.3 Å². The number of hydrogen-bond donors (Lipinski definition) is 1. The van der Waals surface area contributed by atoms with Crippen LogP contribution in [0, 0.1) is 19.8 Å². The lowest BCUT2D eigenvalue weighted by atomic mass is 10.1. The van der Waals surface area contributed by atoms with Crippen molar-refractivity contribution in [1.82, 2.24) is 9.88 Å². The summed E-state index contributed by atoms with van der Waals surface area (Å²) < 4.78 is 12.2. The number of H-pyrrole nitrogens is 1. The van der Waals surface area contributed by atoms with Crippen molar-refractivity contribution in [3.05, 3.63) is 23.0 Å². The number of aromatic amines is 1. The fraction of sp³-hybridized carbons (Fsp3) is 0.722. The van der Waals surface area contributed by atoms with Gasteiger partial charge in [-0.3, -0.25) is 4.79 Å². The van der Waals surface area contributed by atoms with Crippen molar-refractivity contribution >= 4 is 5.91 Å². The lowest BCUT2D eigenvalue weighted by molar-refractivity contribution is -0.0556. The Morgan fingerprint density at radius 3 is 2.87 bits per heavy atom. The molecule has 2 saturated carbocycles. The average molecular weight is 318 g/mol. The van der Waals surface area contributed by atoms with Crippen molar-refractivity contribution in [3.8, 4) is 0 Å². The molecule has 1 amide bonds. The normalized spacial score (nSPS) is 30.5. The molecule has 3 fully saturated rings. The molecule has 1 N–H and O–H groups in total. The fourth-order valence-electron chi connectivity index (χ4n) is 3.99. The van der Waals surface area contributed by atoms with E-state index in [-0.39, 0.29) is 24.2 Å². The second-order valence-corrected chi connectivity index (χ2v) is 7.28. The molecule has 23 heavy (non-hydrogen) atoms. The molecule has 2 aliphatic carbocycles. The molecule has 3 unspecified atom stereocenters. The van der Waals surface area contributed by atoms with Gasteiger partial charge >= 0.3 is 0 Å². The van der Waals surface area contributed by atoms with Gasteiger partial charge in [0.05, 0.1) is 24.3 Å². The first kappa shape index (κ1) is 15.2. The second-order valence-electron chi connectivity index (χ2n) is 7.28. The van der Waals surface area contributed by atoms with Gasteiger partial charge in [-0.05, 0) is 51.5 Å². The highest BCUT2D eigenvalue weighted by Gasteiger charge is 2.45. The van der Waals surface area contributed by atoms with Crippen molar-refractivity contribution in [2.45, 2.75) is 57.8 Å². The molecule has 1 aliphatic heterocycles. The molecular formula is C18H26N2O3. The molecule has 2 bridgehead atoms. The van der Waals surface area contributed by atoms with E-state index in [9.17, 15) is 4.79 Å². The SMILES string of the molecule is Cc1cc(C(=O)N2CCOC3CCC2C3OCC2CC2)c(C)[nH]1. The Hall–Kier alpha value is -1.33. The van der Waals surface area contributed by atoms with Crippen molar-refractivity contribution in [3.63, 3.8) is 0 Å². The van der Waals surface area contributed by atoms with Gasteiger partial charge in [-0.25, -0.2) is 0 Å². The number of carbonyl (C=O) groups is 1. The van der Waals surface area contributed by atoms with Crippen LogP contribution in [-0.4, -0.2) is 53.8 Å². The highest BCUT2D eigenvalue weighted by Crippen LogP contribution is 2.36. The molecule has 3 atom stereocenters. The minimum Gasteiger partial charge on any atom is -0.374 e. The summed E-state index contributed by atoms with van der Waals surface area (Å²) in [4.78, 5) is 18.3. The van der Waals surface area contributed by atoms with Gasteiger partial charge in [0, 0.05) is 24.5 Å². The van der Waals surface area contributed by atoms with Gasteiger partial charge in [-0.15, -0.1) is 0 Å². The van der Waals surface area contributed by atoms with Gasteiger partial charge in [-0.1, -0.05) is 0 Å². The third-order valence-corrected chi connectivity index (χ3v) is 5.42. The van der Waals surface area contributed by atoms with Crippen LogP contribution < -0.4 is 0 Å². The number of amides is 1. The average Bonchev–Trinajstić information content (AvgIpc) is 3.19. The summed E-state index contributed by atoms with van der Waals surface area (Å²) in [6.45, 7) is 6.05. The maximum atomic E-state index is 13.1. The molecule has 2 heterocycles. The van der Waals surface area contributed by atoms with E-state index in [1.165, 1.54) is 12.8 Å². The van der Waals surface area contributed by atoms with Gasteiger partial charge in [0.15, 0.2) is 0 Å². The van der Waals surface area contributed by atoms with Crippen molar-refractivity contribution < 1.29 is 14.3 Å². The van der Waals surface area contributed by atoms with Crippen LogP contribution in [-0.2, 0) is 9.47 Å². The van der Waals surface area contributed by atoms with E-state index in [1.54, 1.807) is 0 Å². The first-order valence-electron chi connectivity index (χ1n) is 8.84. The van der Waals surface area contributed by atoms with E-state index in [1.807, 2.05) is 24.8 Å². The highest BCUT2D eigenvalue weighted by molar-refractivity contribution is 5.96. The van der Waals surface area contributed by atoms with Crippen LogP contribution in [0.5, 0.6) is 0 Å². The van der Waals surface area contributed by atoms with Crippen molar-refractivity contribution in [2.24, 2.45) is 5.92 Å². The third-order valence-electron chi connectivity index (χ3n) is 5.42. The van der Waals surface area contributed by atoms with Crippen molar-refractivity contribution in [2.75, 3.05) is 19.8 Å². The van der Waals surface area contributed by atoms with Crippen molar-refractivity contribution in [1.29, 1.82) is 0 Å². The van der Waals surface area contributed by atoms with Gasteiger partial charge in [-0.2, -0.15) is 0 Å². The Morgan fingerprint density at radius 1 is 1.35 bits per heavy atom. The summed E-state index contributed by atoms with van der Waals surface area (Å²) >= 11 is 0. The number of carbonyl (C=O) groups excluding carboxylic acids is 1. The van der Waals surface area contributed by atoms with Crippen LogP contribution in [0.25, 0.3) is 0 Å². The number of nitrogens with one attached hydrogen (secondary N) is 1. The summed E-state index contributed by atoms with van der Waals surface area (Å²) in [5, 5.41) is 0. The van der Waals surface area contributed by atoms with Crippen LogP contribution in [0.2, 0.25) is 0 Å². The Bertz CT molecular complexity index is 593. The third kappa shape index (κ3) is 2.92. The zero-order chi connectivity index (χ0) is 16.0. The fourth-order valence-corrected chi connectivity index (χ4v) is 3.99. The smallest absolute Gasteiger partial charge is 0.256 e. The molecule has 5 heteroatoms. The van der Waals surface area contributed by atoms with Gasteiger partial charge in [0.2, 0.25) is 0 Å². The molecule has 5 nitrogen and oxygen atoms in total. The molecule has 0 spiro atoms. The molecule has 1 saturated heterocycles. The minimum atomic E-state index is 0.0439. The van der Waals surface area contributed by atoms with E-state index >= 15 is 0 Å². The summed E-state index contributed by atoms with van der Waals surface area (Å²) in [5.74, 6) is 0.847. The summed E-state index contributed by atoms with van der Waals surface area (Å²) in [6.07, 6.45) is 4.75. The van der Waals surface area contributed by atoms with Crippen LogP contribution in [0.1, 0.15) is 47.4 Å². The van der Waals surface area contributed by atoms with Crippen LogP contribution >= 0.6 is 0 Å². The van der Waals surface area contributed by atoms with Gasteiger partial charge in [0.25, 0.3) is 5.91 Å². The zero-order valence-corrected chi connectivity index (χ0v) is 14.0. The van der Waals surface area contributed by atoms with E-state index in [4.69, 9.17) is 9.47 Å². The summed E-state index contributed by atoms with van der Waals surface area (Å²) in [5.41, 5.74) is 2.76. The molecule has 0 radical (unpaired) electrons. The standard InChI is InChI=1S/C18H26N2O3/c1-11-9-14(12(2)19-11)18(21)20-7-8-22-16-6-5-15(20)17(16)23-10-13-3-4-13/h9,13,15-17,19H,3-8,10H2,1-2H3. The number of ether oxygens (including phenoxy) is 2. The number of rotatable bonds is 4. The monoisotopic (exact) mass is 318 g/mol. The second kappa shape index (κ2) is 5.95. The maximum absolute atomic E-state index is 13.1. The number of nitrogens with zero attached hydrogens (tertiary/aromatic N) is 1. The Morgan fingerprint density at radius 2 is 2.17 bits per heavy atom. The first-order chi connectivity index (χ1) is 11.1. The van der Waals surface area contributed by atoms with Crippen LogP contribution in [0.15, 0.2) is 6.07 Å². The zero-order valence-electron chi connectivity index (χ0n) is 14.0. The molecule has 126 valence electrons. The number of hydrogen-bond acceptors (Lipinski definition) is 3. The highest BCUT2D eigenvalue weighted by atomic mass is 16.5. The van der Waals surface area contributed by atoms with Crippen LogP contribution in [0.4, 0.5) is 0 Å². The molecule has 4 rings (SSSR count). The predicted molar refractivity (Wildman–Crippen MR) is 86.5 cm³/mol. The number of aromatic nitrogens is 1. The quantitative estimate of drug-likeness (QED) is 0.927. The number of aryl methyl sites for hydroxylation is 2. The topological polar surface area (TPSA) is 54.6 Å². The molecule has 1 aromatic heterocycles. The minimum absolute atomic E-state index is 0.0439. The van der Waals surface area contributed by atoms with Crippen LogP contribution in [0.3, 0.4) is 0 Å². The molecule has 1 aromatic rings. The molecule has 3 aliphatic rings. The maximum Gasteiger partial charge on any atom is 0.256 e. The molecular weight excluding hydrogens is 292 g/mol. The van der Waals surface area contributed by atoms with Gasteiger partial charge in [0.1, 0.15) is 6.10 Å². The Balaban J connectivity index is 1.54. The predicted octanol–water partition coefficient (Wildman–Crippen LogP) is 2.43. The first-order valence-corrected chi connectivity index (χ1v) is 8.84. The lowest BCUT2D eigenvalue weighted by Gasteiger charge is -2.31.